The zero-order valence-electron chi connectivity index (χ0n) is 10.5. The molecule has 0 fully saturated rings. The third-order valence-electron chi connectivity index (χ3n) is 2.95. The van der Waals surface area contributed by atoms with Gasteiger partial charge in [-0.15, -0.1) is 24.2 Å². The van der Waals surface area contributed by atoms with Gasteiger partial charge < -0.3 is 11.1 Å². The number of nitrogens with one attached hydrogen (secondary N) is 1. The molecule has 19 heavy (non-hydrogen) atoms. The zero-order valence-corrected chi connectivity index (χ0v) is 12.2. The minimum absolute atomic E-state index is 0. The molecular weight excluding hydrogens is 287 g/mol. The molecule has 3 nitrogen and oxygen atoms in total. The predicted molar refractivity (Wildman–Crippen MR) is 78.2 cm³/mol. The summed E-state index contributed by atoms with van der Waals surface area (Å²) in [5.74, 6) is 0.686. The van der Waals surface area contributed by atoms with Gasteiger partial charge in [-0.2, -0.15) is 0 Å². The van der Waals surface area contributed by atoms with E-state index in [-0.39, 0.29) is 30.2 Å². The van der Waals surface area contributed by atoms with Crippen LogP contribution in [-0.4, -0.2) is 18.2 Å². The second-order valence-electron chi connectivity index (χ2n) is 4.33. The van der Waals surface area contributed by atoms with Crippen molar-refractivity contribution in [3.8, 4) is 0 Å². The van der Waals surface area contributed by atoms with Gasteiger partial charge in [-0.3, -0.25) is 4.79 Å². The highest BCUT2D eigenvalue weighted by molar-refractivity contribution is 7.99. The highest BCUT2D eigenvalue weighted by atomic mass is 35.5. The van der Waals surface area contributed by atoms with E-state index in [0.29, 0.717) is 19.4 Å². The van der Waals surface area contributed by atoms with Crippen molar-refractivity contribution in [2.75, 3.05) is 12.3 Å². The highest BCUT2D eigenvalue weighted by Crippen LogP contribution is 2.36. The average molecular weight is 305 g/mol. The fourth-order valence-electron chi connectivity index (χ4n) is 2.04. The van der Waals surface area contributed by atoms with Crippen LogP contribution in [0.4, 0.5) is 4.39 Å². The summed E-state index contributed by atoms with van der Waals surface area (Å²) in [5.41, 5.74) is 6.27. The van der Waals surface area contributed by atoms with Crippen molar-refractivity contribution in [2.45, 2.75) is 30.2 Å². The predicted octanol–water partition coefficient (Wildman–Crippen LogP) is 2.64. The Balaban J connectivity index is 0.00000180. The van der Waals surface area contributed by atoms with Crippen molar-refractivity contribution < 1.29 is 9.18 Å². The van der Waals surface area contributed by atoms with Gasteiger partial charge in [-0.25, -0.2) is 4.39 Å². The number of rotatable bonds is 4. The van der Waals surface area contributed by atoms with E-state index >= 15 is 0 Å². The van der Waals surface area contributed by atoms with Crippen molar-refractivity contribution in [3.05, 3.63) is 29.6 Å². The molecule has 1 unspecified atom stereocenters. The quantitative estimate of drug-likeness (QED) is 0.899. The summed E-state index contributed by atoms with van der Waals surface area (Å²) in [4.78, 5) is 12.8. The number of carbonyl (C=O) groups is 1. The molecule has 0 aromatic heterocycles. The normalized spacial score (nSPS) is 17.3. The monoisotopic (exact) mass is 304 g/mol. The van der Waals surface area contributed by atoms with E-state index in [1.807, 2.05) is 0 Å². The zero-order chi connectivity index (χ0) is 13.0. The number of thioether (sulfide) groups is 1. The summed E-state index contributed by atoms with van der Waals surface area (Å²) in [6, 6.07) is 4.70. The van der Waals surface area contributed by atoms with Crippen LogP contribution in [0.5, 0.6) is 0 Å². The molecule has 0 radical (unpaired) electrons. The smallest absolute Gasteiger partial charge is 0.220 e. The number of nitrogens with two attached hydrogens (primary N) is 1. The number of benzene rings is 1. The summed E-state index contributed by atoms with van der Waals surface area (Å²) >= 11 is 1.71. The van der Waals surface area contributed by atoms with Crippen LogP contribution in [0.1, 0.15) is 30.9 Å². The van der Waals surface area contributed by atoms with Crippen LogP contribution in [0.3, 0.4) is 0 Å². The molecule has 1 atom stereocenters. The van der Waals surface area contributed by atoms with E-state index in [1.54, 1.807) is 17.8 Å². The molecule has 1 aromatic rings. The summed E-state index contributed by atoms with van der Waals surface area (Å²) < 4.78 is 13.3. The molecule has 1 amide bonds. The van der Waals surface area contributed by atoms with Crippen molar-refractivity contribution in [1.29, 1.82) is 0 Å². The molecular formula is C13H18ClFN2OS. The Morgan fingerprint density at radius 1 is 1.53 bits per heavy atom. The van der Waals surface area contributed by atoms with Gasteiger partial charge in [-0.1, -0.05) is 0 Å². The fourth-order valence-corrected chi connectivity index (χ4v) is 3.15. The third kappa shape index (κ3) is 4.37. The van der Waals surface area contributed by atoms with Crippen molar-refractivity contribution in [3.63, 3.8) is 0 Å². The Kier molecular flexibility index (Phi) is 6.62. The molecule has 1 aromatic carbocycles. The van der Waals surface area contributed by atoms with Crippen molar-refractivity contribution >= 4 is 30.1 Å². The van der Waals surface area contributed by atoms with Gasteiger partial charge in [0.1, 0.15) is 5.82 Å². The average Bonchev–Trinajstić information content (AvgIpc) is 2.37. The Morgan fingerprint density at radius 3 is 3.05 bits per heavy atom. The lowest BCUT2D eigenvalue weighted by Gasteiger charge is -2.26. The summed E-state index contributed by atoms with van der Waals surface area (Å²) in [5, 5.41) is 2.96. The van der Waals surface area contributed by atoms with Gasteiger partial charge >= 0.3 is 0 Å². The lowest BCUT2D eigenvalue weighted by atomic mass is 10.0. The number of carbonyl (C=O) groups excluding carboxylic acids is 1. The molecule has 1 aliphatic rings. The van der Waals surface area contributed by atoms with Crippen LogP contribution >= 0.6 is 24.2 Å². The topological polar surface area (TPSA) is 55.1 Å². The number of halogens is 2. The Hall–Kier alpha value is -0.780. The number of hydrogen-bond acceptors (Lipinski definition) is 3. The van der Waals surface area contributed by atoms with Crippen LogP contribution in [0.2, 0.25) is 0 Å². The second-order valence-corrected chi connectivity index (χ2v) is 5.47. The summed E-state index contributed by atoms with van der Waals surface area (Å²) in [6.07, 6.45) is 1.96. The molecule has 2 rings (SSSR count). The Bertz CT molecular complexity index is 445. The molecule has 3 N–H and O–H groups in total. The first-order valence-electron chi connectivity index (χ1n) is 6.12. The standard InChI is InChI=1S/C13H17FN2OS.ClH/c14-9-3-4-12-10(8-9)11(5-7-18-12)16-13(17)2-1-6-15;/h3-4,8,11H,1-2,5-7,15H2,(H,16,17);1H. The molecule has 0 saturated carbocycles. The van der Waals surface area contributed by atoms with E-state index in [4.69, 9.17) is 5.73 Å². The van der Waals surface area contributed by atoms with Crippen LogP contribution in [-0.2, 0) is 4.79 Å². The largest absolute Gasteiger partial charge is 0.349 e. The maximum absolute atomic E-state index is 13.3. The summed E-state index contributed by atoms with van der Waals surface area (Å²) in [7, 11) is 0. The molecule has 0 saturated heterocycles. The van der Waals surface area contributed by atoms with E-state index < -0.39 is 0 Å². The minimum atomic E-state index is -0.252. The first-order chi connectivity index (χ1) is 8.70. The fraction of sp³-hybridized carbons (Fsp3) is 0.462. The van der Waals surface area contributed by atoms with Crippen LogP contribution in [0.15, 0.2) is 23.1 Å². The van der Waals surface area contributed by atoms with Gasteiger partial charge in [0.2, 0.25) is 5.91 Å². The van der Waals surface area contributed by atoms with E-state index in [1.165, 1.54) is 12.1 Å². The number of fused-ring (bicyclic) bond motifs is 1. The van der Waals surface area contributed by atoms with Gasteiger partial charge in [0.25, 0.3) is 0 Å². The SMILES string of the molecule is Cl.NCCCC(=O)NC1CCSc2ccc(F)cc21. The lowest BCUT2D eigenvalue weighted by Crippen LogP contribution is -2.30. The molecule has 0 spiro atoms. The molecule has 0 bridgehead atoms. The Labute approximate surface area is 122 Å². The van der Waals surface area contributed by atoms with Crippen LogP contribution < -0.4 is 11.1 Å². The molecule has 1 aliphatic heterocycles. The van der Waals surface area contributed by atoms with E-state index in [2.05, 4.69) is 5.32 Å². The maximum Gasteiger partial charge on any atom is 0.220 e. The summed E-state index contributed by atoms with van der Waals surface area (Å²) in [6.45, 7) is 0.513. The van der Waals surface area contributed by atoms with Crippen molar-refractivity contribution in [1.82, 2.24) is 5.32 Å². The number of amides is 1. The second kappa shape index (κ2) is 7.72. The van der Waals surface area contributed by atoms with E-state index in [0.717, 1.165) is 22.6 Å². The van der Waals surface area contributed by atoms with Gasteiger partial charge in [0.05, 0.1) is 6.04 Å². The highest BCUT2D eigenvalue weighted by Gasteiger charge is 2.22. The maximum atomic E-state index is 13.3. The molecule has 106 valence electrons. The third-order valence-corrected chi connectivity index (χ3v) is 4.08. The molecule has 1 heterocycles. The van der Waals surface area contributed by atoms with Gasteiger partial charge in [0, 0.05) is 17.1 Å². The van der Waals surface area contributed by atoms with Crippen molar-refractivity contribution in [2.24, 2.45) is 5.73 Å². The van der Waals surface area contributed by atoms with Gasteiger partial charge in [0.15, 0.2) is 0 Å². The van der Waals surface area contributed by atoms with Gasteiger partial charge in [-0.05, 0) is 43.1 Å². The van der Waals surface area contributed by atoms with Crippen LogP contribution in [0.25, 0.3) is 0 Å². The Morgan fingerprint density at radius 2 is 2.32 bits per heavy atom. The van der Waals surface area contributed by atoms with Crippen LogP contribution in [0, 0.1) is 5.82 Å². The molecule has 6 heteroatoms. The number of hydrogen-bond donors (Lipinski definition) is 2. The van der Waals surface area contributed by atoms with E-state index in [9.17, 15) is 9.18 Å². The first kappa shape index (κ1) is 16.3. The lowest BCUT2D eigenvalue weighted by molar-refractivity contribution is -0.121. The molecule has 0 aliphatic carbocycles. The first-order valence-corrected chi connectivity index (χ1v) is 7.11. The minimum Gasteiger partial charge on any atom is -0.349 e.